The van der Waals surface area contributed by atoms with Crippen LogP contribution in [-0.2, 0) is 16.6 Å². The summed E-state index contributed by atoms with van der Waals surface area (Å²) in [4.78, 5) is 0.715. The summed E-state index contributed by atoms with van der Waals surface area (Å²) >= 11 is 1.27. The van der Waals surface area contributed by atoms with Crippen molar-refractivity contribution >= 4 is 21.4 Å². The Balaban J connectivity index is 3.11. The van der Waals surface area contributed by atoms with E-state index in [4.69, 9.17) is 0 Å². The van der Waals surface area contributed by atoms with Crippen molar-refractivity contribution in [1.29, 1.82) is 0 Å². The van der Waals surface area contributed by atoms with Crippen molar-refractivity contribution in [3.8, 4) is 0 Å². The van der Waals surface area contributed by atoms with Gasteiger partial charge in [0, 0.05) is 6.04 Å². The minimum atomic E-state index is -3.57. The molecule has 1 rings (SSSR count). The molecular weight excluding hydrogens is 270 g/mol. The number of aliphatic hydroxyl groups is 1. The normalized spacial score (nSPS) is 14.8. The Morgan fingerprint density at radius 2 is 2.00 bits per heavy atom. The predicted molar refractivity (Wildman–Crippen MR) is 74.2 cm³/mol. The summed E-state index contributed by atoms with van der Waals surface area (Å²) in [6, 6.07) is -0.187. The molecule has 1 aromatic heterocycles. The Bertz CT molecular complexity index is 512. The van der Waals surface area contributed by atoms with E-state index in [2.05, 4.69) is 4.72 Å². The lowest BCUT2D eigenvalue weighted by Crippen LogP contribution is -2.41. The standard InChI is InChI=1S/C12H21NO3S2/c1-8-7-17-10(6-14)11(8)18(15,16)13-9(2)12(3,4)5/h7,9,13-14H,6H2,1-5H3. The van der Waals surface area contributed by atoms with Gasteiger partial charge in [0.1, 0.15) is 4.90 Å². The topological polar surface area (TPSA) is 66.4 Å². The number of hydrogen-bond acceptors (Lipinski definition) is 4. The molecule has 0 aromatic carbocycles. The van der Waals surface area contributed by atoms with E-state index in [1.807, 2.05) is 27.7 Å². The zero-order chi connectivity index (χ0) is 14.1. The van der Waals surface area contributed by atoms with Crippen LogP contribution in [0.3, 0.4) is 0 Å². The third-order valence-corrected chi connectivity index (χ3v) is 6.02. The second-order valence-corrected chi connectivity index (χ2v) is 8.15. The summed E-state index contributed by atoms with van der Waals surface area (Å²) in [5.41, 5.74) is 0.522. The lowest BCUT2D eigenvalue weighted by Gasteiger charge is -2.28. The predicted octanol–water partition coefficient (Wildman–Crippen LogP) is 2.26. The van der Waals surface area contributed by atoms with E-state index >= 15 is 0 Å². The Labute approximate surface area is 113 Å². The molecule has 0 spiro atoms. The monoisotopic (exact) mass is 291 g/mol. The smallest absolute Gasteiger partial charge is 0.242 e. The van der Waals surface area contributed by atoms with Crippen molar-refractivity contribution in [2.75, 3.05) is 0 Å². The molecule has 1 aromatic rings. The highest BCUT2D eigenvalue weighted by atomic mass is 32.2. The molecule has 0 aliphatic rings. The number of sulfonamides is 1. The summed E-state index contributed by atoms with van der Waals surface area (Å²) in [7, 11) is -3.57. The average Bonchev–Trinajstić information content (AvgIpc) is 2.58. The van der Waals surface area contributed by atoms with Gasteiger partial charge in [-0.05, 0) is 30.2 Å². The molecule has 2 N–H and O–H groups in total. The molecule has 0 radical (unpaired) electrons. The van der Waals surface area contributed by atoms with Crippen LogP contribution in [-0.4, -0.2) is 19.6 Å². The third kappa shape index (κ3) is 3.32. The van der Waals surface area contributed by atoms with E-state index in [-0.39, 0.29) is 23.0 Å². The number of thiophene rings is 1. The molecule has 18 heavy (non-hydrogen) atoms. The van der Waals surface area contributed by atoms with Crippen LogP contribution in [0.2, 0.25) is 0 Å². The molecule has 0 saturated heterocycles. The summed E-state index contributed by atoms with van der Waals surface area (Å²) in [6.45, 7) is 9.28. The molecule has 1 heterocycles. The minimum absolute atomic E-state index is 0.156. The van der Waals surface area contributed by atoms with Crippen molar-refractivity contribution in [3.63, 3.8) is 0 Å². The summed E-state index contributed by atoms with van der Waals surface area (Å²) in [5.74, 6) is 0. The van der Waals surface area contributed by atoms with E-state index < -0.39 is 10.0 Å². The van der Waals surface area contributed by atoms with Gasteiger partial charge in [0.15, 0.2) is 0 Å². The average molecular weight is 291 g/mol. The Kier molecular flexibility index (Phi) is 4.59. The van der Waals surface area contributed by atoms with Crippen molar-refractivity contribution in [2.45, 2.75) is 52.2 Å². The molecule has 0 amide bonds. The van der Waals surface area contributed by atoms with Gasteiger partial charge in [-0.1, -0.05) is 20.8 Å². The van der Waals surface area contributed by atoms with Gasteiger partial charge in [-0.25, -0.2) is 13.1 Å². The number of rotatable bonds is 4. The van der Waals surface area contributed by atoms with E-state index in [1.165, 1.54) is 11.3 Å². The van der Waals surface area contributed by atoms with Crippen molar-refractivity contribution in [2.24, 2.45) is 5.41 Å². The molecule has 104 valence electrons. The molecule has 1 unspecified atom stereocenters. The Morgan fingerprint density at radius 3 is 2.44 bits per heavy atom. The molecule has 4 nitrogen and oxygen atoms in total. The van der Waals surface area contributed by atoms with Crippen LogP contribution in [0, 0.1) is 12.3 Å². The van der Waals surface area contributed by atoms with Crippen LogP contribution in [0.1, 0.15) is 38.1 Å². The zero-order valence-electron chi connectivity index (χ0n) is 11.4. The largest absolute Gasteiger partial charge is 0.391 e. The summed E-state index contributed by atoms with van der Waals surface area (Å²) in [6.07, 6.45) is 0. The van der Waals surface area contributed by atoms with Crippen LogP contribution in [0.25, 0.3) is 0 Å². The fourth-order valence-electron chi connectivity index (χ4n) is 1.43. The van der Waals surface area contributed by atoms with Crippen LogP contribution in [0.4, 0.5) is 0 Å². The SMILES string of the molecule is Cc1csc(CO)c1S(=O)(=O)NC(C)C(C)(C)C. The molecule has 1 atom stereocenters. The van der Waals surface area contributed by atoms with Gasteiger partial charge in [-0.15, -0.1) is 11.3 Å². The Morgan fingerprint density at radius 1 is 1.44 bits per heavy atom. The second-order valence-electron chi connectivity index (χ2n) is 5.54. The number of aryl methyl sites for hydroxylation is 1. The van der Waals surface area contributed by atoms with Gasteiger partial charge in [0.05, 0.1) is 11.5 Å². The van der Waals surface area contributed by atoms with Gasteiger partial charge in [-0.3, -0.25) is 0 Å². The van der Waals surface area contributed by atoms with Crippen LogP contribution in [0.15, 0.2) is 10.3 Å². The molecule has 0 aliphatic carbocycles. The van der Waals surface area contributed by atoms with Crippen LogP contribution < -0.4 is 4.72 Å². The lowest BCUT2D eigenvalue weighted by molar-refractivity contribution is 0.282. The first-order chi connectivity index (χ1) is 8.09. The molecule has 0 bridgehead atoms. The maximum atomic E-state index is 12.3. The van der Waals surface area contributed by atoms with Crippen molar-refractivity contribution < 1.29 is 13.5 Å². The number of aliphatic hydroxyl groups excluding tert-OH is 1. The van der Waals surface area contributed by atoms with Gasteiger partial charge in [0.25, 0.3) is 0 Å². The van der Waals surface area contributed by atoms with E-state index in [1.54, 1.807) is 12.3 Å². The van der Waals surface area contributed by atoms with E-state index in [0.29, 0.717) is 10.4 Å². The first-order valence-electron chi connectivity index (χ1n) is 5.79. The first kappa shape index (κ1) is 15.6. The first-order valence-corrected chi connectivity index (χ1v) is 8.16. The maximum Gasteiger partial charge on any atom is 0.242 e. The summed E-state index contributed by atoms with van der Waals surface area (Å²) in [5, 5.41) is 11.0. The summed E-state index contributed by atoms with van der Waals surface area (Å²) < 4.78 is 27.4. The van der Waals surface area contributed by atoms with E-state index in [9.17, 15) is 13.5 Å². The lowest BCUT2D eigenvalue weighted by atomic mass is 9.89. The van der Waals surface area contributed by atoms with Gasteiger partial charge in [0.2, 0.25) is 10.0 Å². The highest BCUT2D eigenvalue weighted by Crippen LogP contribution is 2.28. The molecule has 6 heteroatoms. The second kappa shape index (κ2) is 5.28. The highest BCUT2D eigenvalue weighted by Gasteiger charge is 2.29. The quantitative estimate of drug-likeness (QED) is 0.894. The maximum absolute atomic E-state index is 12.3. The fraction of sp³-hybridized carbons (Fsp3) is 0.667. The van der Waals surface area contributed by atoms with E-state index in [0.717, 1.165) is 0 Å². The number of hydrogen-bond donors (Lipinski definition) is 2. The van der Waals surface area contributed by atoms with Gasteiger partial charge < -0.3 is 5.11 Å². The third-order valence-electron chi connectivity index (χ3n) is 3.03. The fourth-order valence-corrected chi connectivity index (χ4v) is 4.54. The molecular formula is C12H21NO3S2. The zero-order valence-corrected chi connectivity index (χ0v) is 13.1. The van der Waals surface area contributed by atoms with Crippen LogP contribution >= 0.6 is 11.3 Å². The minimum Gasteiger partial charge on any atom is -0.391 e. The van der Waals surface area contributed by atoms with Gasteiger partial charge >= 0.3 is 0 Å². The van der Waals surface area contributed by atoms with Crippen molar-refractivity contribution in [3.05, 3.63) is 15.8 Å². The van der Waals surface area contributed by atoms with Crippen LogP contribution in [0.5, 0.6) is 0 Å². The highest BCUT2D eigenvalue weighted by molar-refractivity contribution is 7.89. The van der Waals surface area contributed by atoms with Crippen molar-refractivity contribution in [1.82, 2.24) is 4.72 Å². The molecule has 0 aliphatic heterocycles. The molecule has 0 fully saturated rings. The molecule has 0 saturated carbocycles. The number of nitrogens with one attached hydrogen (secondary N) is 1. The van der Waals surface area contributed by atoms with Gasteiger partial charge in [-0.2, -0.15) is 0 Å². The Hall–Kier alpha value is -0.430.